The number of thioether (sulfide) groups is 1. The summed E-state index contributed by atoms with van der Waals surface area (Å²) in [6.07, 6.45) is 2.94. The maximum Gasteiger partial charge on any atom is 0.433 e. The van der Waals surface area contributed by atoms with Crippen molar-refractivity contribution in [3.05, 3.63) is 24.5 Å². The number of rotatable bonds is 4. The Balaban J connectivity index is 2.68. The van der Waals surface area contributed by atoms with Crippen molar-refractivity contribution in [1.82, 2.24) is 10.3 Å². The molecule has 0 aliphatic carbocycles. The lowest BCUT2D eigenvalue weighted by Crippen LogP contribution is -2.25. The molecule has 0 unspecified atom stereocenters. The molecule has 6 heteroatoms. The fourth-order valence-electron chi connectivity index (χ4n) is 1.11. The van der Waals surface area contributed by atoms with Crippen molar-refractivity contribution in [1.29, 1.82) is 0 Å². The van der Waals surface area contributed by atoms with Crippen molar-refractivity contribution in [3.8, 4) is 0 Å². The second-order valence-electron chi connectivity index (χ2n) is 4.89. The zero-order valence-electron chi connectivity index (χ0n) is 11.6. The van der Waals surface area contributed by atoms with Crippen LogP contribution in [0.25, 0.3) is 0 Å². The van der Waals surface area contributed by atoms with Gasteiger partial charge in [-0.1, -0.05) is 25.9 Å². The number of pyridine rings is 1. The largest absolute Gasteiger partial charge is 0.433 e. The van der Waals surface area contributed by atoms with Crippen LogP contribution in [0.4, 0.5) is 4.79 Å². The highest BCUT2D eigenvalue weighted by Gasteiger charge is 2.20. The average molecular weight is 281 g/mol. The molecular formula is C13H19N3O2S. The summed E-state index contributed by atoms with van der Waals surface area (Å²) >= 11 is 1.63. The minimum atomic E-state index is -0.560. The van der Waals surface area contributed by atoms with Crippen LogP contribution in [0.15, 0.2) is 34.6 Å². The van der Waals surface area contributed by atoms with Crippen LogP contribution in [-0.4, -0.2) is 29.6 Å². The summed E-state index contributed by atoms with van der Waals surface area (Å²) in [5.74, 6) is 0.657. The lowest BCUT2D eigenvalue weighted by molar-refractivity contribution is 0.152. The standard InChI is InChI=1S/C13H19N3O2S/c1-13(2,3)11(16-18-12(17)14-4)9-19-10-5-7-15-8-6-10/h5-8H,9H2,1-4H3,(H,14,17). The van der Waals surface area contributed by atoms with E-state index < -0.39 is 6.09 Å². The van der Waals surface area contributed by atoms with E-state index in [-0.39, 0.29) is 5.41 Å². The quantitative estimate of drug-likeness (QED) is 0.399. The zero-order chi connectivity index (χ0) is 14.3. The van der Waals surface area contributed by atoms with E-state index in [2.05, 4.69) is 15.5 Å². The molecule has 19 heavy (non-hydrogen) atoms. The van der Waals surface area contributed by atoms with Crippen LogP contribution in [-0.2, 0) is 4.84 Å². The Labute approximate surface area is 117 Å². The Bertz CT molecular complexity index is 441. The van der Waals surface area contributed by atoms with Crippen LogP contribution in [0.2, 0.25) is 0 Å². The Morgan fingerprint density at radius 3 is 2.58 bits per heavy atom. The Kier molecular flexibility index (Phi) is 5.82. The lowest BCUT2D eigenvalue weighted by atomic mass is 9.91. The Hall–Kier alpha value is -1.56. The molecule has 0 aromatic carbocycles. The number of aromatic nitrogens is 1. The highest BCUT2D eigenvalue weighted by molar-refractivity contribution is 8.00. The van der Waals surface area contributed by atoms with Crippen molar-refractivity contribution in [2.45, 2.75) is 25.7 Å². The summed E-state index contributed by atoms with van der Waals surface area (Å²) in [4.78, 5) is 20.9. The number of oxime groups is 1. The van der Waals surface area contributed by atoms with Crippen LogP contribution in [0.3, 0.4) is 0 Å². The molecule has 0 aliphatic heterocycles. The predicted molar refractivity (Wildman–Crippen MR) is 77.4 cm³/mol. The third-order valence-corrected chi connectivity index (χ3v) is 3.36. The summed E-state index contributed by atoms with van der Waals surface area (Å²) in [5.41, 5.74) is 0.659. The number of nitrogens with zero attached hydrogens (tertiary/aromatic N) is 2. The van der Waals surface area contributed by atoms with Crippen LogP contribution in [0.5, 0.6) is 0 Å². The van der Waals surface area contributed by atoms with Crippen molar-refractivity contribution in [2.24, 2.45) is 10.6 Å². The van der Waals surface area contributed by atoms with Gasteiger partial charge in [0.15, 0.2) is 0 Å². The van der Waals surface area contributed by atoms with Gasteiger partial charge in [0, 0.05) is 35.5 Å². The summed E-state index contributed by atoms with van der Waals surface area (Å²) < 4.78 is 0. The molecule has 0 fully saturated rings. The van der Waals surface area contributed by atoms with E-state index in [9.17, 15) is 4.79 Å². The molecule has 0 saturated heterocycles. The molecule has 0 radical (unpaired) electrons. The molecule has 0 bridgehead atoms. The van der Waals surface area contributed by atoms with E-state index in [0.29, 0.717) is 5.75 Å². The van der Waals surface area contributed by atoms with Gasteiger partial charge in [-0.2, -0.15) is 0 Å². The maximum absolute atomic E-state index is 11.1. The molecule has 0 aliphatic rings. The maximum atomic E-state index is 11.1. The molecule has 0 atom stereocenters. The minimum absolute atomic E-state index is 0.159. The summed E-state index contributed by atoms with van der Waals surface area (Å²) in [7, 11) is 1.50. The number of hydrogen-bond donors (Lipinski definition) is 1. The van der Waals surface area contributed by atoms with Crippen LogP contribution < -0.4 is 5.32 Å². The van der Waals surface area contributed by atoms with Gasteiger partial charge in [-0.05, 0) is 12.1 Å². The van der Waals surface area contributed by atoms with Gasteiger partial charge in [0.25, 0.3) is 0 Å². The highest BCUT2D eigenvalue weighted by Crippen LogP contribution is 2.24. The van der Waals surface area contributed by atoms with Crippen molar-refractivity contribution in [3.63, 3.8) is 0 Å². The first-order chi connectivity index (χ1) is 8.93. The minimum Gasteiger partial charge on any atom is -0.323 e. The molecule has 1 amide bonds. The van der Waals surface area contributed by atoms with E-state index in [1.165, 1.54) is 7.05 Å². The first kappa shape index (κ1) is 15.5. The molecule has 0 spiro atoms. The smallest absolute Gasteiger partial charge is 0.323 e. The average Bonchev–Trinajstić information content (AvgIpc) is 2.38. The molecule has 104 valence electrons. The molecule has 1 aromatic rings. The zero-order valence-corrected chi connectivity index (χ0v) is 12.5. The van der Waals surface area contributed by atoms with E-state index in [1.807, 2.05) is 32.9 Å². The summed E-state index contributed by atoms with van der Waals surface area (Å²) in [6.45, 7) is 6.10. The van der Waals surface area contributed by atoms with Gasteiger partial charge in [0.1, 0.15) is 0 Å². The van der Waals surface area contributed by atoms with Gasteiger partial charge < -0.3 is 5.32 Å². The summed E-state index contributed by atoms with van der Waals surface area (Å²) in [6, 6.07) is 3.87. The Morgan fingerprint density at radius 2 is 2.05 bits per heavy atom. The Morgan fingerprint density at radius 1 is 1.42 bits per heavy atom. The van der Waals surface area contributed by atoms with E-state index in [1.54, 1.807) is 24.2 Å². The molecule has 0 saturated carbocycles. The highest BCUT2D eigenvalue weighted by atomic mass is 32.2. The van der Waals surface area contributed by atoms with Crippen LogP contribution in [0, 0.1) is 5.41 Å². The third kappa shape index (κ3) is 5.74. The SMILES string of the molecule is CNC(=O)ON=C(CSc1ccncc1)C(C)(C)C. The predicted octanol–water partition coefficient (Wildman–Crippen LogP) is 2.93. The van der Waals surface area contributed by atoms with Crippen molar-refractivity contribution >= 4 is 23.6 Å². The van der Waals surface area contributed by atoms with Crippen LogP contribution in [0.1, 0.15) is 20.8 Å². The number of carbonyl (C=O) groups excluding carboxylic acids is 1. The molecular weight excluding hydrogens is 262 g/mol. The van der Waals surface area contributed by atoms with Gasteiger partial charge in [0.2, 0.25) is 0 Å². The van der Waals surface area contributed by atoms with Gasteiger partial charge in [0.05, 0.1) is 5.71 Å². The van der Waals surface area contributed by atoms with Gasteiger partial charge in [-0.3, -0.25) is 9.82 Å². The second kappa shape index (κ2) is 7.13. The molecule has 5 nitrogen and oxygen atoms in total. The van der Waals surface area contributed by atoms with E-state index >= 15 is 0 Å². The topological polar surface area (TPSA) is 63.6 Å². The van der Waals surface area contributed by atoms with Gasteiger partial charge in [-0.15, -0.1) is 11.8 Å². The molecule has 1 heterocycles. The van der Waals surface area contributed by atoms with Crippen LogP contribution >= 0.6 is 11.8 Å². The molecule has 1 rings (SSSR count). The second-order valence-corrected chi connectivity index (χ2v) is 5.94. The van der Waals surface area contributed by atoms with Crippen molar-refractivity contribution < 1.29 is 9.63 Å². The fourth-order valence-corrected chi connectivity index (χ4v) is 2.21. The van der Waals surface area contributed by atoms with E-state index in [4.69, 9.17) is 4.84 Å². The monoisotopic (exact) mass is 281 g/mol. The summed E-state index contributed by atoms with van der Waals surface area (Å²) in [5, 5.41) is 6.31. The molecule has 1 N–H and O–H groups in total. The van der Waals surface area contributed by atoms with Crippen molar-refractivity contribution in [2.75, 3.05) is 12.8 Å². The normalized spacial score (nSPS) is 12.1. The number of amides is 1. The first-order valence-electron chi connectivity index (χ1n) is 5.92. The van der Waals surface area contributed by atoms with Gasteiger partial charge >= 0.3 is 6.09 Å². The fraction of sp³-hybridized carbons (Fsp3) is 0.462. The molecule has 1 aromatic heterocycles. The first-order valence-corrected chi connectivity index (χ1v) is 6.91. The number of hydrogen-bond acceptors (Lipinski definition) is 5. The van der Waals surface area contributed by atoms with E-state index in [0.717, 1.165) is 10.6 Å². The lowest BCUT2D eigenvalue weighted by Gasteiger charge is -2.20. The number of nitrogens with one attached hydrogen (secondary N) is 1. The third-order valence-electron chi connectivity index (χ3n) is 2.33. The van der Waals surface area contributed by atoms with Gasteiger partial charge in [-0.25, -0.2) is 4.79 Å². The number of carbonyl (C=O) groups is 1.